The van der Waals surface area contributed by atoms with Crippen molar-refractivity contribution in [1.82, 2.24) is 0 Å². The lowest BCUT2D eigenvalue weighted by atomic mass is 9.63. The van der Waals surface area contributed by atoms with Crippen molar-refractivity contribution in [2.75, 3.05) is 4.90 Å². The van der Waals surface area contributed by atoms with Crippen molar-refractivity contribution in [2.45, 2.75) is 6.42 Å². The van der Waals surface area contributed by atoms with E-state index < -0.39 is 0 Å². The Balaban J connectivity index is 1.62. The average molecular weight is 316 g/mol. The number of phenols is 1. The van der Waals surface area contributed by atoms with Gasteiger partial charge in [0.05, 0.1) is 17.5 Å². The van der Waals surface area contributed by atoms with Gasteiger partial charge < -0.3 is 5.11 Å². The first-order valence-corrected chi connectivity index (χ1v) is 8.00. The molecule has 2 bridgehead atoms. The van der Waals surface area contributed by atoms with E-state index in [1.807, 2.05) is 0 Å². The number of benzene rings is 1. The SMILES string of the molecule is O=C1[C@@H]2[C@H]3C=C[C@@H]([C@@H]4C[C@H]34)[C@H]2C(=O)N1c1cc(Cl)ccc1O. The van der Waals surface area contributed by atoms with E-state index in [1.165, 1.54) is 12.1 Å². The van der Waals surface area contributed by atoms with E-state index in [9.17, 15) is 14.7 Å². The van der Waals surface area contributed by atoms with E-state index in [2.05, 4.69) is 12.2 Å². The number of hydrogen-bond acceptors (Lipinski definition) is 3. The molecule has 2 amide bonds. The zero-order chi connectivity index (χ0) is 15.2. The van der Waals surface area contributed by atoms with Crippen molar-refractivity contribution in [2.24, 2.45) is 35.5 Å². The van der Waals surface area contributed by atoms with Gasteiger partial charge in [-0.3, -0.25) is 9.59 Å². The maximum absolute atomic E-state index is 12.9. The molecule has 6 rings (SSSR count). The quantitative estimate of drug-likeness (QED) is 0.640. The number of carbonyl (C=O) groups excluding carboxylic acids is 2. The lowest BCUT2D eigenvalue weighted by molar-refractivity contribution is -0.124. The highest BCUT2D eigenvalue weighted by Crippen LogP contribution is 2.65. The van der Waals surface area contributed by atoms with Gasteiger partial charge in [0, 0.05) is 5.02 Å². The Kier molecular flexibility index (Phi) is 2.27. The van der Waals surface area contributed by atoms with Crippen LogP contribution in [0.1, 0.15) is 6.42 Å². The molecule has 0 radical (unpaired) electrons. The highest BCUT2D eigenvalue weighted by Gasteiger charge is 2.67. The summed E-state index contributed by atoms with van der Waals surface area (Å²) in [6, 6.07) is 4.45. The van der Waals surface area contributed by atoms with E-state index >= 15 is 0 Å². The zero-order valence-corrected chi connectivity index (χ0v) is 12.4. The van der Waals surface area contributed by atoms with Gasteiger partial charge in [0.2, 0.25) is 11.8 Å². The van der Waals surface area contributed by atoms with E-state index in [4.69, 9.17) is 11.6 Å². The third-order valence-corrected chi connectivity index (χ3v) is 6.08. The number of halogens is 1. The molecule has 2 saturated carbocycles. The van der Waals surface area contributed by atoms with Crippen LogP contribution in [-0.2, 0) is 9.59 Å². The smallest absolute Gasteiger partial charge is 0.238 e. The third-order valence-electron chi connectivity index (χ3n) is 5.84. The molecule has 3 fully saturated rings. The number of imide groups is 1. The molecule has 0 aromatic heterocycles. The van der Waals surface area contributed by atoms with Crippen LogP contribution in [0.15, 0.2) is 30.4 Å². The van der Waals surface area contributed by atoms with Crippen LogP contribution in [0.5, 0.6) is 5.75 Å². The maximum atomic E-state index is 12.9. The van der Waals surface area contributed by atoms with Crippen molar-refractivity contribution in [3.63, 3.8) is 0 Å². The normalized spacial score (nSPS) is 40.9. The summed E-state index contributed by atoms with van der Waals surface area (Å²) in [6.07, 6.45) is 5.40. The Bertz CT molecular complexity index is 722. The molecule has 5 heteroatoms. The van der Waals surface area contributed by atoms with Gasteiger partial charge in [-0.15, -0.1) is 0 Å². The van der Waals surface area contributed by atoms with Crippen molar-refractivity contribution in [3.05, 3.63) is 35.4 Å². The molecule has 1 aromatic carbocycles. The van der Waals surface area contributed by atoms with E-state index in [0.29, 0.717) is 16.9 Å². The maximum Gasteiger partial charge on any atom is 0.238 e. The molecular weight excluding hydrogens is 302 g/mol. The van der Waals surface area contributed by atoms with Gasteiger partial charge in [-0.2, -0.15) is 0 Å². The highest BCUT2D eigenvalue weighted by molar-refractivity contribution is 6.31. The van der Waals surface area contributed by atoms with Crippen LogP contribution >= 0.6 is 11.6 Å². The summed E-state index contributed by atoms with van der Waals surface area (Å²) in [7, 11) is 0. The molecule has 1 heterocycles. The molecule has 1 aromatic rings. The topological polar surface area (TPSA) is 57.6 Å². The second-order valence-electron chi connectivity index (χ2n) is 6.80. The predicted octanol–water partition coefficient (Wildman–Crippen LogP) is 2.60. The van der Waals surface area contributed by atoms with Crippen LogP contribution in [0.25, 0.3) is 0 Å². The summed E-state index contributed by atoms with van der Waals surface area (Å²) in [4.78, 5) is 26.9. The molecule has 5 aliphatic rings. The second-order valence-corrected chi connectivity index (χ2v) is 7.24. The number of allylic oxidation sites excluding steroid dienone is 2. The van der Waals surface area contributed by atoms with Gasteiger partial charge in [-0.25, -0.2) is 4.90 Å². The Morgan fingerprint density at radius 2 is 1.64 bits per heavy atom. The highest BCUT2D eigenvalue weighted by atomic mass is 35.5. The van der Waals surface area contributed by atoms with Crippen LogP contribution in [0.3, 0.4) is 0 Å². The largest absolute Gasteiger partial charge is 0.506 e. The van der Waals surface area contributed by atoms with Crippen LogP contribution in [-0.4, -0.2) is 16.9 Å². The molecule has 1 aliphatic heterocycles. The number of amides is 2. The van der Waals surface area contributed by atoms with Gasteiger partial charge in [-0.05, 0) is 48.3 Å². The summed E-state index contributed by atoms with van der Waals surface area (Å²) in [6.45, 7) is 0. The standard InChI is InChI=1S/C17H14ClNO3/c18-7-1-4-13(20)12(5-7)19-16(21)14-8-2-3-9(11-6-10(8)11)15(14)17(19)22/h1-5,8-11,14-15,20H,6H2/t8-,9-,10-,11+,14+,15+/m0/s1. The first-order valence-electron chi connectivity index (χ1n) is 7.62. The van der Waals surface area contributed by atoms with Gasteiger partial charge in [0.1, 0.15) is 5.75 Å². The average Bonchev–Trinajstić information content (AvgIpc) is 3.28. The molecule has 1 N–H and O–H groups in total. The number of hydrogen-bond donors (Lipinski definition) is 1. The molecule has 0 unspecified atom stereocenters. The fourth-order valence-corrected chi connectivity index (χ4v) is 5.04. The molecule has 0 spiro atoms. The first kappa shape index (κ1) is 12.7. The molecule has 4 aliphatic carbocycles. The Morgan fingerprint density at radius 3 is 2.23 bits per heavy atom. The predicted molar refractivity (Wildman–Crippen MR) is 80.3 cm³/mol. The number of carbonyl (C=O) groups is 2. The van der Waals surface area contributed by atoms with Crippen LogP contribution in [0, 0.1) is 35.5 Å². The molecule has 1 saturated heterocycles. The zero-order valence-electron chi connectivity index (χ0n) is 11.6. The lowest BCUT2D eigenvalue weighted by Crippen LogP contribution is -2.40. The van der Waals surface area contributed by atoms with Crippen molar-refractivity contribution in [1.29, 1.82) is 0 Å². The Hall–Kier alpha value is -1.81. The van der Waals surface area contributed by atoms with Crippen LogP contribution < -0.4 is 4.90 Å². The number of aromatic hydroxyl groups is 1. The number of anilines is 1. The van der Waals surface area contributed by atoms with E-state index in [0.717, 1.165) is 11.3 Å². The molecule has 112 valence electrons. The Morgan fingerprint density at radius 1 is 1.05 bits per heavy atom. The first-order chi connectivity index (χ1) is 10.6. The van der Waals surface area contributed by atoms with Crippen LogP contribution in [0.4, 0.5) is 5.69 Å². The monoisotopic (exact) mass is 315 g/mol. The third kappa shape index (κ3) is 1.39. The molecule has 4 nitrogen and oxygen atoms in total. The van der Waals surface area contributed by atoms with Crippen molar-refractivity contribution >= 4 is 29.1 Å². The minimum Gasteiger partial charge on any atom is -0.506 e. The minimum absolute atomic E-state index is 0.0878. The summed E-state index contributed by atoms with van der Waals surface area (Å²) in [5, 5.41) is 10.4. The Labute approximate surface area is 132 Å². The molecule has 6 atom stereocenters. The van der Waals surface area contributed by atoms with Gasteiger partial charge in [0.25, 0.3) is 0 Å². The number of nitrogens with zero attached hydrogens (tertiary/aromatic N) is 1. The van der Waals surface area contributed by atoms with Gasteiger partial charge in [0.15, 0.2) is 0 Å². The lowest BCUT2D eigenvalue weighted by Gasteiger charge is -2.37. The van der Waals surface area contributed by atoms with Crippen molar-refractivity contribution < 1.29 is 14.7 Å². The van der Waals surface area contributed by atoms with E-state index in [-0.39, 0.29) is 46.9 Å². The second kappa shape index (κ2) is 3.93. The van der Waals surface area contributed by atoms with Gasteiger partial charge in [-0.1, -0.05) is 23.8 Å². The fourth-order valence-electron chi connectivity index (χ4n) is 4.87. The minimum atomic E-state index is -0.260. The molecular formula is C17H14ClNO3. The number of phenolic OH excluding ortho intramolecular Hbond substituents is 1. The summed E-state index contributed by atoms with van der Waals surface area (Å²) in [5.41, 5.74) is 0.213. The molecule has 22 heavy (non-hydrogen) atoms. The van der Waals surface area contributed by atoms with E-state index in [1.54, 1.807) is 6.07 Å². The summed E-state index contributed by atoms with van der Waals surface area (Å²) < 4.78 is 0. The summed E-state index contributed by atoms with van der Waals surface area (Å²) in [5.74, 6) is 0.534. The van der Waals surface area contributed by atoms with Crippen LogP contribution in [0.2, 0.25) is 5.02 Å². The summed E-state index contributed by atoms with van der Waals surface area (Å²) >= 11 is 5.97. The van der Waals surface area contributed by atoms with Crippen molar-refractivity contribution in [3.8, 4) is 5.75 Å². The number of rotatable bonds is 1. The van der Waals surface area contributed by atoms with Gasteiger partial charge >= 0.3 is 0 Å². The fraction of sp³-hybridized carbons (Fsp3) is 0.412.